The summed E-state index contributed by atoms with van der Waals surface area (Å²) in [5, 5.41) is 2.37. The van der Waals surface area contributed by atoms with Crippen molar-refractivity contribution in [1.29, 1.82) is 0 Å². The molecule has 3 N–H and O–H groups in total. The lowest BCUT2D eigenvalue weighted by Gasteiger charge is -2.10. The lowest BCUT2D eigenvalue weighted by Crippen LogP contribution is -2.31. The molecule has 0 heterocycles. The molecule has 0 aliphatic carbocycles. The average molecular weight is 356 g/mol. The number of carbonyl (C=O) groups is 3. The van der Waals surface area contributed by atoms with E-state index in [2.05, 4.69) is 5.32 Å². The fourth-order valence-corrected chi connectivity index (χ4v) is 2.20. The molecule has 0 bridgehead atoms. The minimum absolute atomic E-state index is 0.0896. The molecular formula is C19H20N2O5. The Kier molecular flexibility index (Phi) is 6.73. The summed E-state index contributed by atoms with van der Waals surface area (Å²) in [6.45, 7) is 1.61. The molecule has 1 amide bonds. The number of nitrogen functional groups attached to an aromatic ring is 1. The van der Waals surface area contributed by atoms with Crippen LogP contribution in [0.5, 0.6) is 0 Å². The number of ether oxygens (including phenoxy) is 2. The van der Waals surface area contributed by atoms with E-state index >= 15 is 0 Å². The van der Waals surface area contributed by atoms with Crippen LogP contribution in [0.2, 0.25) is 0 Å². The van der Waals surface area contributed by atoms with Crippen LogP contribution in [0.25, 0.3) is 0 Å². The van der Waals surface area contributed by atoms with Gasteiger partial charge in [0.15, 0.2) is 5.78 Å². The fourth-order valence-electron chi connectivity index (χ4n) is 2.20. The number of carbonyl (C=O) groups excluding carboxylic acids is 3. The first-order chi connectivity index (χ1) is 12.5. The maximum absolute atomic E-state index is 12.4. The number of ketones is 1. The molecule has 0 aliphatic heterocycles. The summed E-state index contributed by atoms with van der Waals surface area (Å²) in [5.74, 6) is -1.10. The molecule has 0 atom stereocenters. The Morgan fingerprint density at radius 3 is 2.42 bits per heavy atom. The highest BCUT2D eigenvalue weighted by molar-refractivity contribution is 6.08. The smallest absolute Gasteiger partial charge is 0.407 e. The molecule has 0 fully saturated rings. The van der Waals surface area contributed by atoms with Crippen LogP contribution in [-0.2, 0) is 16.1 Å². The first-order valence-corrected chi connectivity index (χ1v) is 8.05. The van der Waals surface area contributed by atoms with Gasteiger partial charge in [0, 0.05) is 11.3 Å². The molecule has 7 nitrogen and oxygen atoms in total. The van der Waals surface area contributed by atoms with Crippen LogP contribution in [-0.4, -0.2) is 31.0 Å². The number of alkyl carbamates (subject to hydrolysis) is 1. The quantitative estimate of drug-likeness (QED) is 0.448. The molecule has 2 aromatic carbocycles. The Hall–Kier alpha value is -3.35. The number of nitrogens with two attached hydrogens (primary N) is 1. The van der Waals surface area contributed by atoms with E-state index in [4.69, 9.17) is 15.2 Å². The Balaban J connectivity index is 1.95. The largest absolute Gasteiger partial charge is 0.462 e. The Labute approximate surface area is 151 Å². The van der Waals surface area contributed by atoms with Gasteiger partial charge < -0.3 is 20.5 Å². The molecule has 0 saturated heterocycles. The molecule has 2 rings (SSSR count). The lowest BCUT2D eigenvalue weighted by atomic mass is 10.0. The summed E-state index contributed by atoms with van der Waals surface area (Å²) >= 11 is 0. The van der Waals surface area contributed by atoms with Crippen molar-refractivity contribution in [1.82, 2.24) is 5.32 Å². The fraction of sp³-hybridized carbons (Fsp3) is 0.211. The highest BCUT2D eigenvalue weighted by Gasteiger charge is 2.19. The highest BCUT2D eigenvalue weighted by atomic mass is 16.5. The molecule has 0 unspecified atom stereocenters. The van der Waals surface area contributed by atoms with Crippen molar-refractivity contribution in [3.05, 3.63) is 65.2 Å². The number of esters is 1. The molecule has 0 spiro atoms. The van der Waals surface area contributed by atoms with Gasteiger partial charge in [-0.25, -0.2) is 9.59 Å². The van der Waals surface area contributed by atoms with Crippen LogP contribution in [0.3, 0.4) is 0 Å². The first kappa shape index (κ1) is 19.0. The van der Waals surface area contributed by atoms with Gasteiger partial charge in [0.25, 0.3) is 0 Å². The van der Waals surface area contributed by atoms with Crippen molar-refractivity contribution < 1.29 is 23.9 Å². The molecule has 7 heteroatoms. The summed E-state index contributed by atoms with van der Waals surface area (Å²) in [4.78, 5) is 36.1. The van der Waals surface area contributed by atoms with E-state index in [9.17, 15) is 14.4 Å². The summed E-state index contributed by atoms with van der Waals surface area (Å²) in [5.41, 5.74) is 7.04. The number of hydrogen-bond donors (Lipinski definition) is 2. The van der Waals surface area contributed by atoms with E-state index in [0.717, 1.165) is 5.56 Å². The highest BCUT2D eigenvalue weighted by Crippen LogP contribution is 2.15. The average Bonchev–Trinajstić information content (AvgIpc) is 2.65. The molecule has 0 radical (unpaired) electrons. The zero-order chi connectivity index (χ0) is 18.9. The second-order valence-electron chi connectivity index (χ2n) is 5.36. The summed E-state index contributed by atoms with van der Waals surface area (Å²) < 4.78 is 9.96. The van der Waals surface area contributed by atoms with Crippen LogP contribution >= 0.6 is 0 Å². The normalized spacial score (nSPS) is 10.0. The van der Waals surface area contributed by atoms with Gasteiger partial charge in [0.2, 0.25) is 0 Å². The van der Waals surface area contributed by atoms with Gasteiger partial charge in [-0.2, -0.15) is 0 Å². The van der Waals surface area contributed by atoms with Crippen LogP contribution in [0.1, 0.15) is 33.2 Å². The minimum Gasteiger partial charge on any atom is -0.462 e. The minimum atomic E-state index is -0.733. The van der Waals surface area contributed by atoms with Gasteiger partial charge in [-0.3, -0.25) is 4.79 Å². The third-order valence-corrected chi connectivity index (χ3v) is 3.45. The molecule has 0 aliphatic rings. The van der Waals surface area contributed by atoms with Crippen molar-refractivity contribution in [2.24, 2.45) is 0 Å². The Bertz CT molecular complexity index is 790. The van der Waals surface area contributed by atoms with Gasteiger partial charge in [0.05, 0.1) is 18.7 Å². The van der Waals surface area contributed by atoms with Gasteiger partial charge in [-0.1, -0.05) is 30.3 Å². The summed E-state index contributed by atoms with van der Waals surface area (Å²) in [6.07, 6.45) is -0.733. The van der Waals surface area contributed by atoms with Gasteiger partial charge in [-0.05, 0) is 30.7 Å². The Morgan fingerprint density at radius 2 is 1.73 bits per heavy atom. The monoisotopic (exact) mass is 356 g/mol. The van der Waals surface area contributed by atoms with Crippen molar-refractivity contribution in [2.75, 3.05) is 18.9 Å². The van der Waals surface area contributed by atoms with E-state index in [1.807, 2.05) is 30.3 Å². The third-order valence-electron chi connectivity index (χ3n) is 3.45. The Morgan fingerprint density at radius 1 is 1.00 bits per heavy atom. The number of hydrogen-bond acceptors (Lipinski definition) is 6. The number of Topliss-reactive ketones (excluding diaryl/α,β-unsaturated/α-hetero) is 1. The van der Waals surface area contributed by atoms with Crippen LogP contribution in [0.4, 0.5) is 10.5 Å². The SMILES string of the molecule is CCOC(=O)c1ccc(N)cc1C(=O)CNC(=O)OCc1ccccc1. The molecule has 136 valence electrons. The van der Waals surface area contributed by atoms with Crippen molar-refractivity contribution in [3.63, 3.8) is 0 Å². The number of rotatable bonds is 7. The van der Waals surface area contributed by atoms with Crippen molar-refractivity contribution in [2.45, 2.75) is 13.5 Å². The van der Waals surface area contributed by atoms with E-state index in [0.29, 0.717) is 5.69 Å². The zero-order valence-electron chi connectivity index (χ0n) is 14.4. The first-order valence-electron chi connectivity index (χ1n) is 8.05. The number of anilines is 1. The predicted molar refractivity (Wildman–Crippen MR) is 95.8 cm³/mol. The lowest BCUT2D eigenvalue weighted by molar-refractivity contribution is 0.0523. The standard InChI is InChI=1S/C19H20N2O5/c1-2-25-18(23)15-9-8-14(20)10-16(15)17(22)11-21-19(24)26-12-13-6-4-3-5-7-13/h3-10H,2,11-12,20H2,1H3,(H,21,24). The van der Waals surface area contributed by atoms with E-state index in [1.165, 1.54) is 18.2 Å². The van der Waals surface area contributed by atoms with Crippen molar-refractivity contribution >= 4 is 23.5 Å². The van der Waals surface area contributed by atoms with Gasteiger partial charge >= 0.3 is 12.1 Å². The van der Waals surface area contributed by atoms with Gasteiger partial charge in [-0.15, -0.1) is 0 Å². The molecular weight excluding hydrogens is 336 g/mol. The van der Waals surface area contributed by atoms with Crippen LogP contribution < -0.4 is 11.1 Å². The third kappa shape index (κ3) is 5.34. The predicted octanol–water partition coefficient (Wildman–Crippen LogP) is 2.55. The van der Waals surface area contributed by atoms with Gasteiger partial charge in [0.1, 0.15) is 6.61 Å². The molecule has 0 saturated carbocycles. The summed E-state index contributed by atoms with van der Waals surface area (Å²) in [6, 6.07) is 13.5. The molecule has 26 heavy (non-hydrogen) atoms. The topological polar surface area (TPSA) is 108 Å². The number of nitrogens with one attached hydrogen (secondary N) is 1. The number of benzene rings is 2. The summed E-state index contributed by atoms with van der Waals surface area (Å²) in [7, 11) is 0. The van der Waals surface area contributed by atoms with Crippen LogP contribution in [0.15, 0.2) is 48.5 Å². The maximum atomic E-state index is 12.4. The second-order valence-corrected chi connectivity index (χ2v) is 5.36. The van der Waals surface area contributed by atoms with Crippen LogP contribution in [0, 0.1) is 0 Å². The van der Waals surface area contributed by atoms with E-state index in [-0.39, 0.29) is 30.9 Å². The number of amides is 1. The van der Waals surface area contributed by atoms with E-state index in [1.54, 1.807) is 6.92 Å². The van der Waals surface area contributed by atoms with E-state index < -0.39 is 17.8 Å². The maximum Gasteiger partial charge on any atom is 0.407 e. The molecule has 2 aromatic rings. The zero-order valence-corrected chi connectivity index (χ0v) is 14.4. The second kappa shape index (κ2) is 9.22. The van der Waals surface area contributed by atoms with Crippen molar-refractivity contribution in [3.8, 4) is 0 Å². The molecule has 0 aromatic heterocycles.